The largest absolute Gasteiger partial charge is 0.323 e. The number of hydrogen-bond acceptors (Lipinski definition) is 5. The summed E-state index contributed by atoms with van der Waals surface area (Å²) in [6.07, 6.45) is 2.84. The highest BCUT2D eigenvalue weighted by atomic mass is 32.2. The molecule has 0 aromatic heterocycles. The molecule has 0 aliphatic carbocycles. The zero-order valence-corrected chi connectivity index (χ0v) is 17.9. The van der Waals surface area contributed by atoms with Crippen LogP contribution in [0.4, 0.5) is 0 Å². The molecule has 2 rings (SSSR count). The fourth-order valence-corrected chi connectivity index (χ4v) is 2.43. The number of unbranched alkanes of at least 4 members (excludes halogenated alkanes) is 2. The van der Waals surface area contributed by atoms with E-state index in [9.17, 15) is 8.42 Å². The molecule has 0 radical (unpaired) electrons. The Balaban J connectivity index is 0.000000503. The predicted octanol–water partition coefficient (Wildman–Crippen LogP) is 4.69. The Labute approximate surface area is 165 Å². The zero-order valence-electron chi connectivity index (χ0n) is 17.1. The minimum absolute atomic E-state index is 0.102. The lowest BCUT2D eigenvalue weighted by Gasteiger charge is -2.04. The maximum absolute atomic E-state index is 11.5. The third-order valence-electron chi connectivity index (χ3n) is 2.94. The van der Waals surface area contributed by atoms with Crippen molar-refractivity contribution >= 4 is 10.1 Å². The first-order valence-corrected chi connectivity index (χ1v) is 10.4. The molecule has 0 unspecified atom stereocenters. The fourth-order valence-electron chi connectivity index (χ4n) is 1.67. The van der Waals surface area contributed by atoms with Crippen molar-refractivity contribution in [2.45, 2.75) is 38.0 Å². The first-order valence-electron chi connectivity index (χ1n) is 9.03. The standard InChI is InChI=1S/C11H16O4S.C7H8.C3H9N/c1-2-3-7-10-14-15-16(12,13)11-8-5-4-6-9-11;1-7-5-3-2-4-6-7;1-4(2)3/h4-6,8-9H,2-3,7,10H2,1H3;2-6H,1H3;1-3H3. The van der Waals surface area contributed by atoms with Crippen LogP contribution in [0.2, 0.25) is 0 Å². The highest BCUT2D eigenvalue weighted by molar-refractivity contribution is 7.86. The van der Waals surface area contributed by atoms with Crippen molar-refractivity contribution in [1.82, 2.24) is 4.90 Å². The van der Waals surface area contributed by atoms with Gasteiger partial charge in [-0.2, -0.15) is 8.42 Å². The third-order valence-corrected chi connectivity index (χ3v) is 4.07. The second kappa shape index (κ2) is 15.3. The molecule has 0 saturated carbocycles. The van der Waals surface area contributed by atoms with Crippen LogP contribution in [-0.4, -0.2) is 41.1 Å². The van der Waals surface area contributed by atoms with Crippen LogP contribution in [0.3, 0.4) is 0 Å². The van der Waals surface area contributed by atoms with Gasteiger partial charge in [0.1, 0.15) is 0 Å². The predicted molar refractivity (Wildman–Crippen MR) is 111 cm³/mol. The van der Waals surface area contributed by atoms with Crippen LogP contribution in [0, 0.1) is 6.92 Å². The zero-order chi connectivity index (χ0) is 20.5. The van der Waals surface area contributed by atoms with Crippen molar-refractivity contribution in [3.8, 4) is 0 Å². The molecule has 0 saturated heterocycles. The van der Waals surface area contributed by atoms with Gasteiger partial charge in [0.25, 0.3) is 0 Å². The molecule has 0 aliphatic heterocycles. The molecule has 0 atom stereocenters. The summed E-state index contributed by atoms with van der Waals surface area (Å²) in [5.41, 5.74) is 1.32. The van der Waals surface area contributed by atoms with Crippen molar-refractivity contribution in [3.05, 3.63) is 66.2 Å². The number of nitrogens with zero attached hydrogens (tertiary/aromatic N) is 1. The Hall–Kier alpha value is -1.73. The van der Waals surface area contributed by atoms with Gasteiger partial charge in [0.05, 0.1) is 11.5 Å². The number of hydrogen-bond donors (Lipinski definition) is 0. The molecule has 2 aromatic rings. The highest BCUT2D eigenvalue weighted by Crippen LogP contribution is 2.11. The second-order valence-corrected chi connectivity index (χ2v) is 7.88. The topological polar surface area (TPSA) is 55.8 Å². The van der Waals surface area contributed by atoms with E-state index in [0.29, 0.717) is 6.61 Å². The Kier molecular flexibility index (Phi) is 14.4. The summed E-state index contributed by atoms with van der Waals surface area (Å²) >= 11 is 0. The number of rotatable bonds is 7. The van der Waals surface area contributed by atoms with Crippen molar-refractivity contribution in [3.63, 3.8) is 0 Å². The van der Waals surface area contributed by atoms with Crippen LogP contribution in [-0.2, 0) is 19.3 Å². The molecule has 0 N–H and O–H groups in total. The van der Waals surface area contributed by atoms with Gasteiger partial charge in [0.15, 0.2) is 0 Å². The van der Waals surface area contributed by atoms with Crippen LogP contribution < -0.4 is 0 Å². The van der Waals surface area contributed by atoms with E-state index in [1.54, 1.807) is 18.2 Å². The number of benzene rings is 2. The van der Waals surface area contributed by atoms with Gasteiger partial charge in [0.2, 0.25) is 0 Å². The molecule has 6 heteroatoms. The molecule has 27 heavy (non-hydrogen) atoms. The molecular weight excluding hydrogens is 362 g/mol. The molecule has 2 aromatic carbocycles. The monoisotopic (exact) mass is 395 g/mol. The van der Waals surface area contributed by atoms with Crippen molar-refractivity contribution in [1.29, 1.82) is 0 Å². The van der Waals surface area contributed by atoms with E-state index in [-0.39, 0.29) is 4.90 Å². The lowest BCUT2D eigenvalue weighted by Crippen LogP contribution is -2.07. The minimum Gasteiger partial charge on any atom is -0.312 e. The van der Waals surface area contributed by atoms with Gasteiger partial charge >= 0.3 is 10.1 Å². The maximum atomic E-state index is 11.5. The molecule has 0 fully saturated rings. The fraction of sp³-hybridized carbons (Fsp3) is 0.429. The summed E-state index contributed by atoms with van der Waals surface area (Å²) in [6, 6.07) is 18.2. The van der Waals surface area contributed by atoms with Crippen LogP contribution in [0.25, 0.3) is 0 Å². The molecule has 5 nitrogen and oxygen atoms in total. The van der Waals surface area contributed by atoms with E-state index >= 15 is 0 Å². The smallest absolute Gasteiger partial charge is 0.312 e. The van der Waals surface area contributed by atoms with Gasteiger partial charge in [-0.15, -0.1) is 4.33 Å². The van der Waals surface area contributed by atoms with Gasteiger partial charge in [-0.25, -0.2) is 4.89 Å². The van der Waals surface area contributed by atoms with Crippen LogP contribution in [0.15, 0.2) is 65.6 Å². The van der Waals surface area contributed by atoms with E-state index in [4.69, 9.17) is 0 Å². The average molecular weight is 396 g/mol. The van der Waals surface area contributed by atoms with E-state index in [1.807, 2.05) is 44.2 Å². The van der Waals surface area contributed by atoms with Gasteiger partial charge < -0.3 is 4.90 Å². The quantitative estimate of drug-likeness (QED) is 0.387. The molecule has 152 valence electrons. The summed E-state index contributed by atoms with van der Waals surface area (Å²) in [6.45, 7) is 4.43. The third kappa shape index (κ3) is 15.1. The van der Waals surface area contributed by atoms with E-state index in [2.05, 4.69) is 35.2 Å². The molecule has 0 aliphatic rings. The Morgan fingerprint density at radius 2 is 1.33 bits per heavy atom. The summed E-state index contributed by atoms with van der Waals surface area (Å²) in [4.78, 5) is 6.77. The van der Waals surface area contributed by atoms with Crippen LogP contribution in [0.5, 0.6) is 0 Å². The van der Waals surface area contributed by atoms with Crippen molar-refractivity contribution in [2.75, 3.05) is 27.7 Å². The summed E-state index contributed by atoms with van der Waals surface area (Å²) in [5.74, 6) is 0. The molecular formula is C21H33NO4S. The average Bonchev–Trinajstić information content (AvgIpc) is 2.63. The van der Waals surface area contributed by atoms with Gasteiger partial charge in [0, 0.05) is 0 Å². The van der Waals surface area contributed by atoms with E-state index in [0.717, 1.165) is 19.3 Å². The van der Waals surface area contributed by atoms with Gasteiger partial charge in [-0.3, -0.25) is 0 Å². The summed E-state index contributed by atoms with van der Waals surface area (Å²) in [5, 5.41) is 0. The van der Waals surface area contributed by atoms with E-state index in [1.165, 1.54) is 17.7 Å². The van der Waals surface area contributed by atoms with Crippen LogP contribution in [0.1, 0.15) is 31.7 Å². The van der Waals surface area contributed by atoms with Crippen molar-refractivity contribution < 1.29 is 17.6 Å². The molecule has 0 amide bonds. The Morgan fingerprint density at radius 1 is 0.852 bits per heavy atom. The molecule has 0 spiro atoms. The second-order valence-electron chi connectivity index (χ2n) is 6.36. The first-order chi connectivity index (χ1) is 12.8. The van der Waals surface area contributed by atoms with Crippen LogP contribution >= 0.6 is 0 Å². The maximum Gasteiger partial charge on any atom is 0.323 e. The highest BCUT2D eigenvalue weighted by Gasteiger charge is 2.15. The van der Waals surface area contributed by atoms with Gasteiger partial charge in [-0.1, -0.05) is 73.9 Å². The molecule has 0 bridgehead atoms. The lowest BCUT2D eigenvalue weighted by molar-refractivity contribution is -0.202. The summed E-state index contributed by atoms with van der Waals surface area (Å²) in [7, 11) is 2.23. The van der Waals surface area contributed by atoms with Gasteiger partial charge in [-0.05, 0) is 46.6 Å². The first kappa shape index (κ1) is 25.3. The normalized spacial score (nSPS) is 10.4. The van der Waals surface area contributed by atoms with E-state index < -0.39 is 10.1 Å². The van der Waals surface area contributed by atoms with Crippen molar-refractivity contribution in [2.24, 2.45) is 0 Å². The minimum atomic E-state index is -3.77. The lowest BCUT2D eigenvalue weighted by atomic mass is 10.2. The summed E-state index contributed by atoms with van der Waals surface area (Å²) < 4.78 is 27.5. The Morgan fingerprint density at radius 3 is 1.74 bits per heavy atom. The Bertz CT molecular complexity index is 671. The number of aryl methyl sites for hydroxylation is 1. The SMILES string of the molecule is CCCCCOOS(=O)(=O)c1ccccc1.CN(C)C.Cc1ccccc1. The molecule has 0 heterocycles.